The number of aromatic nitrogens is 2. The van der Waals surface area contributed by atoms with E-state index < -0.39 is 10.0 Å². The van der Waals surface area contributed by atoms with Gasteiger partial charge < -0.3 is 4.90 Å². The van der Waals surface area contributed by atoms with E-state index in [2.05, 4.69) is 14.9 Å². The van der Waals surface area contributed by atoms with Gasteiger partial charge in [-0.25, -0.2) is 8.42 Å². The first-order chi connectivity index (χ1) is 9.97. The quantitative estimate of drug-likeness (QED) is 0.888. The highest BCUT2D eigenvalue weighted by molar-refractivity contribution is 7.92. The van der Waals surface area contributed by atoms with Crippen molar-refractivity contribution in [3.05, 3.63) is 36.2 Å². The molecule has 0 spiro atoms. The molecule has 0 saturated carbocycles. The van der Waals surface area contributed by atoms with Gasteiger partial charge in [-0.05, 0) is 30.2 Å². The summed E-state index contributed by atoms with van der Waals surface area (Å²) in [6.07, 6.45) is 3.51. The van der Waals surface area contributed by atoms with Crippen LogP contribution in [0.3, 0.4) is 0 Å². The standard InChI is InChI=1S/C13H14N4O3S/c1-9(18)17-5-4-10-6-12(2-3-13(10)17)21(19,20)16-11-7-14-15-8-11/h2-3,6-8,16H,4-5H2,1H3,(H,14,15). The van der Waals surface area contributed by atoms with Gasteiger partial charge in [0.05, 0.1) is 16.8 Å². The maximum atomic E-state index is 12.3. The summed E-state index contributed by atoms with van der Waals surface area (Å²) in [5, 5.41) is 6.23. The lowest BCUT2D eigenvalue weighted by molar-refractivity contribution is -0.116. The molecule has 0 saturated heterocycles. The van der Waals surface area contributed by atoms with Crippen molar-refractivity contribution >= 4 is 27.3 Å². The van der Waals surface area contributed by atoms with Crippen LogP contribution in [0, 0.1) is 0 Å². The number of anilines is 2. The van der Waals surface area contributed by atoms with Crippen LogP contribution in [0.1, 0.15) is 12.5 Å². The van der Waals surface area contributed by atoms with Crippen LogP contribution in [-0.4, -0.2) is 31.1 Å². The Morgan fingerprint density at radius 1 is 1.43 bits per heavy atom. The number of benzene rings is 1. The van der Waals surface area contributed by atoms with Gasteiger partial charge in [0, 0.05) is 25.4 Å². The molecular weight excluding hydrogens is 292 g/mol. The number of amides is 1. The van der Waals surface area contributed by atoms with Crippen molar-refractivity contribution in [2.75, 3.05) is 16.2 Å². The number of carbonyl (C=O) groups excluding carboxylic acids is 1. The maximum Gasteiger partial charge on any atom is 0.262 e. The van der Waals surface area contributed by atoms with Crippen molar-refractivity contribution in [1.29, 1.82) is 0 Å². The number of nitrogens with one attached hydrogen (secondary N) is 2. The van der Waals surface area contributed by atoms with Gasteiger partial charge in [0.1, 0.15) is 0 Å². The van der Waals surface area contributed by atoms with Crippen LogP contribution in [0.4, 0.5) is 11.4 Å². The highest BCUT2D eigenvalue weighted by Gasteiger charge is 2.24. The summed E-state index contributed by atoms with van der Waals surface area (Å²) in [5.74, 6) is -0.0409. The summed E-state index contributed by atoms with van der Waals surface area (Å²) in [7, 11) is -3.66. The molecule has 21 heavy (non-hydrogen) atoms. The molecule has 3 rings (SSSR count). The molecule has 2 aromatic rings. The second-order valence-corrected chi connectivity index (χ2v) is 6.49. The predicted octanol–water partition coefficient (Wildman–Crippen LogP) is 1.12. The number of hydrogen-bond donors (Lipinski definition) is 2. The molecule has 1 aliphatic rings. The molecule has 0 fully saturated rings. The number of rotatable bonds is 3. The number of H-pyrrole nitrogens is 1. The van der Waals surface area contributed by atoms with Gasteiger partial charge in [-0.1, -0.05) is 0 Å². The molecule has 2 heterocycles. The first-order valence-corrected chi connectivity index (χ1v) is 7.88. The highest BCUT2D eigenvalue weighted by atomic mass is 32.2. The Balaban J connectivity index is 1.93. The Kier molecular flexibility index (Phi) is 3.17. The molecule has 110 valence electrons. The SMILES string of the molecule is CC(=O)N1CCc2cc(S(=O)(=O)Nc3cn[nH]c3)ccc21. The van der Waals surface area contributed by atoms with Gasteiger partial charge in [-0.15, -0.1) is 0 Å². The minimum absolute atomic E-state index is 0.0409. The summed E-state index contributed by atoms with van der Waals surface area (Å²) in [5.41, 5.74) is 2.02. The van der Waals surface area contributed by atoms with Crippen LogP contribution in [0.25, 0.3) is 0 Å². The number of nitrogens with zero attached hydrogens (tertiary/aromatic N) is 2. The Hall–Kier alpha value is -2.35. The van der Waals surface area contributed by atoms with Crippen LogP contribution in [-0.2, 0) is 21.2 Å². The fourth-order valence-corrected chi connectivity index (χ4v) is 3.48. The minimum Gasteiger partial charge on any atom is -0.312 e. The van der Waals surface area contributed by atoms with E-state index >= 15 is 0 Å². The topological polar surface area (TPSA) is 95.2 Å². The third-order valence-corrected chi connectivity index (χ3v) is 4.77. The van der Waals surface area contributed by atoms with Crippen molar-refractivity contribution in [3.8, 4) is 0 Å². The summed E-state index contributed by atoms with van der Waals surface area (Å²) >= 11 is 0. The first-order valence-electron chi connectivity index (χ1n) is 6.40. The van der Waals surface area contributed by atoms with Crippen LogP contribution in [0.15, 0.2) is 35.5 Å². The number of aromatic amines is 1. The zero-order chi connectivity index (χ0) is 15.0. The van der Waals surface area contributed by atoms with E-state index in [4.69, 9.17) is 0 Å². The first kappa shape index (κ1) is 13.6. The molecule has 1 aromatic carbocycles. The van der Waals surface area contributed by atoms with E-state index in [1.807, 2.05) is 0 Å². The van der Waals surface area contributed by atoms with Gasteiger partial charge in [0.15, 0.2) is 0 Å². The van der Waals surface area contributed by atoms with E-state index in [9.17, 15) is 13.2 Å². The zero-order valence-electron chi connectivity index (χ0n) is 11.3. The third-order valence-electron chi connectivity index (χ3n) is 3.39. The molecule has 8 heteroatoms. The van der Waals surface area contributed by atoms with E-state index in [0.29, 0.717) is 18.7 Å². The Morgan fingerprint density at radius 2 is 2.24 bits per heavy atom. The van der Waals surface area contributed by atoms with Crippen molar-refractivity contribution < 1.29 is 13.2 Å². The van der Waals surface area contributed by atoms with Gasteiger partial charge in [-0.2, -0.15) is 5.10 Å². The van der Waals surface area contributed by atoms with Crippen molar-refractivity contribution in [2.45, 2.75) is 18.2 Å². The number of fused-ring (bicyclic) bond motifs is 1. The lowest BCUT2D eigenvalue weighted by Crippen LogP contribution is -2.25. The Labute approximate surface area is 122 Å². The molecule has 0 bridgehead atoms. The largest absolute Gasteiger partial charge is 0.312 e. The zero-order valence-corrected chi connectivity index (χ0v) is 12.1. The maximum absolute atomic E-state index is 12.3. The van der Waals surface area contributed by atoms with Crippen molar-refractivity contribution in [3.63, 3.8) is 0 Å². The fraction of sp³-hybridized carbons (Fsp3) is 0.231. The van der Waals surface area contributed by atoms with Gasteiger partial charge >= 0.3 is 0 Å². The van der Waals surface area contributed by atoms with Crippen LogP contribution >= 0.6 is 0 Å². The molecule has 7 nitrogen and oxygen atoms in total. The van der Waals surface area contributed by atoms with Gasteiger partial charge in [0.25, 0.3) is 10.0 Å². The molecule has 1 amide bonds. The second kappa shape index (κ2) is 4.88. The molecule has 0 atom stereocenters. The molecule has 1 aromatic heterocycles. The Morgan fingerprint density at radius 3 is 2.90 bits per heavy atom. The summed E-state index contributed by atoms with van der Waals surface area (Å²) in [4.78, 5) is 13.3. The minimum atomic E-state index is -3.66. The molecule has 0 aliphatic carbocycles. The van der Waals surface area contributed by atoms with Crippen LogP contribution in [0.2, 0.25) is 0 Å². The average molecular weight is 306 g/mol. The van der Waals surface area contributed by atoms with Crippen LogP contribution in [0.5, 0.6) is 0 Å². The molecule has 0 radical (unpaired) electrons. The average Bonchev–Trinajstić information content (AvgIpc) is 3.05. The van der Waals surface area contributed by atoms with E-state index in [1.54, 1.807) is 17.0 Å². The smallest absolute Gasteiger partial charge is 0.262 e. The predicted molar refractivity (Wildman–Crippen MR) is 77.6 cm³/mol. The van der Waals surface area contributed by atoms with Gasteiger partial charge in [-0.3, -0.25) is 14.6 Å². The van der Waals surface area contributed by atoms with E-state index in [0.717, 1.165) is 11.3 Å². The monoisotopic (exact) mass is 306 g/mol. The second-order valence-electron chi connectivity index (χ2n) is 4.80. The van der Waals surface area contributed by atoms with E-state index in [1.165, 1.54) is 25.4 Å². The molecular formula is C13H14N4O3S. The number of carbonyl (C=O) groups is 1. The molecule has 1 aliphatic heterocycles. The summed E-state index contributed by atoms with van der Waals surface area (Å²) in [6.45, 7) is 2.09. The molecule has 0 unspecified atom stereocenters. The highest BCUT2D eigenvalue weighted by Crippen LogP contribution is 2.30. The van der Waals surface area contributed by atoms with Gasteiger partial charge in [0.2, 0.25) is 5.91 Å². The summed E-state index contributed by atoms with van der Waals surface area (Å²) < 4.78 is 27.0. The number of hydrogen-bond acceptors (Lipinski definition) is 4. The molecule has 2 N–H and O–H groups in total. The van der Waals surface area contributed by atoms with Crippen LogP contribution < -0.4 is 9.62 Å². The Bertz CT molecular complexity index is 784. The number of sulfonamides is 1. The summed E-state index contributed by atoms with van der Waals surface area (Å²) in [6, 6.07) is 4.79. The lowest BCUT2D eigenvalue weighted by atomic mass is 10.2. The normalized spacial score (nSPS) is 14.0. The van der Waals surface area contributed by atoms with Crippen molar-refractivity contribution in [1.82, 2.24) is 10.2 Å². The lowest BCUT2D eigenvalue weighted by Gasteiger charge is -2.15. The third kappa shape index (κ3) is 2.49. The van der Waals surface area contributed by atoms with Crippen molar-refractivity contribution in [2.24, 2.45) is 0 Å². The fourth-order valence-electron chi connectivity index (χ4n) is 2.39. The van der Waals surface area contributed by atoms with E-state index in [-0.39, 0.29) is 10.8 Å².